The zero-order valence-electron chi connectivity index (χ0n) is 16.2. The van der Waals surface area contributed by atoms with Gasteiger partial charge in [0.2, 0.25) is 0 Å². The van der Waals surface area contributed by atoms with Gasteiger partial charge in [-0.2, -0.15) is 0 Å². The number of anilines is 1. The first-order valence-corrected chi connectivity index (χ1v) is 10.2. The van der Waals surface area contributed by atoms with E-state index in [0.717, 1.165) is 41.8 Å². The highest BCUT2D eigenvalue weighted by atomic mass is 32.1. The third-order valence-electron chi connectivity index (χ3n) is 4.66. The minimum absolute atomic E-state index is 0.145. The lowest BCUT2D eigenvalue weighted by Crippen LogP contribution is -2.22. The molecule has 1 amide bonds. The molecule has 0 aliphatic heterocycles. The second-order valence-corrected chi connectivity index (χ2v) is 8.01. The number of hydrogen-bond acceptors (Lipinski definition) is 6. The van der Waals surface area contributed by atoms with Gasteiger partial charge in [0, 0.05) is 4.88 Å². The average Bonchev–Trinajstić information content (AvgIpc) is 3.03. The maximum absolute atomic E-state index is 12.9. The predicted octanol–water partition coefficient (Wildman–Crippen LogP) is 3.98. The number of amides is 1. The van der Waals surface area contributed by atoms with Crippen molar-refractivity contribution in [2.45, 2.75) is 33.1 Å². The van der Waals surface area contributed by atoms with Crippen molar-refractivity contribution in [1.82, 2.24) is 0 Å². The van der Waals surface area contributed by atoms with Crippen LogP contribution in [0.15, 0.2) is 24.3 Å². The van der Waals surface area contributed by atoms with Gasteiger partial charge in [-0.15, -0.1) is 11.3 Å². The average molecular weight is 419 g/mol. The molecular weight excluding hydrogens is 397 g/mol. The number of nitrogens with one attached hydrogen (secondary N) is 1. The van der Waals surface area contributed by atoms with Gasteiger partial charge in [0.05, 0.1) is 17.7 Å². The summed E-state index contributed by atoms with van der Waals surface area (Å²) in [7, 11) is 0. The van der Waals surface area contributed by atoms with E-state index in [2.05, 4.69) is 12.2 Å². The van der Waals surface area contributed by atoms with Crippen molar-refractivity contribution >= 4 is 34.2 Å². The zero-order valence-corrected chi connectivity index (χ0v) is 17.1. The van der Waals surface area contributed by atoms with Crippen LogP contribution in [-0.2, 0) is 27.1 Å². The number of carbonyl (C=O) groups excluding carboxylic acids is 3. The maximum Gasteiger partial charge on any atom is 0.341 e. The first kappa shape index (κ1) is 21.0. The minimum atomic E-state index is -0.731. The van der Waals surface area contributed by atoms with Crippen LogP contribution in [0.5, 0.6) is 0 Å². The Morgan fingerprint density at radius 3 is 2.59 bits per heavy atom. The molecule has 0 bridgehead atoms. The number of esters is 2. The van der Waals surface area contributed by atoms with Gasteiger partial charge in [0.15, 0.2) is 6.61 Å². The number of carbonyl (C=O) groups is 3. The van der Waals surface area contributed by atoms with E-state index in [1.165, 1.54) is 23.5 Å². The number of fused-ring (bicyclic) bond motifs is 1. The van der Waals surface area contributed by atoms with E-state index in [-0.39, 0.29) is 12.2 Å². The molecule has 1 aliphatic rings. The highest BCUT2D eigenvalue weighted by Gasteiger charge is 2.29. The van der Waals surface area contributed by atoms with Gasteiger partial charge in [0.25, 0.3) is 5.91 Å². The van der Waals surface area contributed by atoms with E-state index >= 15 is 0 Å². The molecule has 3 rings (SSSR count). The van der Waals surface area contributed by atoms with Crippen molar-refractivity contribution in [2.75, 3.05) is 18.5 Å². The molecule has 1 aromatic carbocycles. The van der Waals surface area contributed by atoms with Crippen molar-refractivity contribution < 1.29 is 28.2 Å². The molecule has 1 aromatic heterocycles. The van der Waals surface area contributed by atoms with Gasteiger partial charge in [-0.3, -0.25) is 4.79 Å². The number of ether oxygens (including phenoxy) is 2. The monoisotopic (exact) mass is 419 g/mol. The summed E-state index contributed by atoms with van der Waals surface area (Å²) in [5.41, 5.74) is 1.48. The van der Waals surface area contributed by atoms with Gasteiger partial charge in [-0.1, -0.05) is 6.92 Å². The van der Waals surface area contributed by atoms with E-state index in [1.54, 1.807) is 6.92 Å². The minimum Gasteiger partial charge on any atom is -0.462 e. The normalized spacial score (nSPS) is 15.3. The Hall–Kier alpha value is -2.74. The molecule has 1 heterocycles. The highest BCUT2D eigenvalue weighted by Crippen LogP contribution is 2.40. The predicted molar refractivity (Wildman–Crippen MR) is 107 cm³/mol. The summed E-state index contributed by atoms with van der Waals surface area (Å²) < 4.78 is 23.1. The summed E-state index contributed by atoms with van der Waals surface area (Å²) >= 11 is 1.37. The Labute approximate surface area is 172 Å². The Kier molecular flexibility index (Phi) is 6.64. The Morgan fingerprint density at radius 2 is 1.90 bits per heavy atom. The van der Waals surface area contributed by atoms with Gasteiger partial charge in [-0.05, 0) is 61.9 Å². The van der Waals surface area contributed by atoms with Crippen LogP contribution in [0.25, 0.3) is 0 Å². The summed E-state index contributed by atoms with van der Waals surface area (Å²) in [6.45, 7) is 3.60. The molecule has 0 unspecified atom stereocenters. The second kappa shape index (κ2) is 9.17. The van der Waals surface area contributed by atoms with Crippen LogP contribution in [0.1, 0.15) is 51.4 Å². The van der Waals surface area contributed by atoms with Crippen LogP contribution < -0.4 is 5.32 Å². The first-order valence-electron chi connectivity index (χ1n) is 9.43. The number of thiophene rings is 1. The molecule has 2 aromatic rings. The second-order valence-electron chi connectivity index (χ2n) is 6.91. The molecule has 0 radical (unpaired) electrons. The van der Waals surface area contributed by atoms with E-state index < -0.39 is 30.3 Å². The van der Waals surface area contributed by atoms with E-state index in [4.69, 9.17) is 9.47 Å². The number of rotatable bonds is 6. The molecular formula is C21H22FNO5S. The van der Waals surface area contributed by atoms with Gasteiger partial charge in [0.1, 0.15) is 10.8 Å². The molecule has 1 aliphatic carbocycles. The van der Waals surface area contributed by atoms with Crippen molar-refractivity contribution in [2.24, 2.45) is 5.92 Å². The molecule has 0 saturated carbocycles. The fraction of sp³-hybridized carbons (Fsp3) is 0.381. The van der Waals surface area contributed by atoms with Crippen LogP contribution >= 0.6 is 11.3 Å². The van der Waals surface area contributed by atoms with Crippen molar-refractivity contribution in [3.63, 3.8) is 0 Å². The van der Waals surface area contributed by atoms with E-state index in [9.17, 15) is 18.8 Å². The lowest BCUT2D eigenvalue weighted by atomic mass is 9.88. The summed E-state index contributed by atoms with van der Waals surface area (Å²) in [6.07, 6.45) is 2.58. The zero-order chi connectivity index (χ0) is 21.0. The molecule has 8 heteroatoms. The van der Waals surface area contributed by atoms with E-state index in [1.807, 2.05) is 0 Å². The summed E-state index contributed by atoms with van der Waals surface area (Å²) in [5.74, 6) is -1.71. The lowest BCUT2D eigenvalue weighted by molar-refractivity contribution is -0.119. The summed E-state index contributed by atoms with van der Waals surface area (Å²) in [6, 6.07) is 4.84. The summed E-state index contributed by atoms with van der Waals surface area (Å²) in [5, 5.41) is 3.10. The van der Waals surface area contributed by atoms with Crippen molar-refractivity contribution in [3.05, 3.63) is 51.7 Å². The number of halogens is 1. The quantitative estimate of drug-likeness (QED) is 0.716. The van der Waals surface area contributed by atoms with Crippen LogP contribution in [0.3, 0.4) is 0 Å². The van der Waals surface area contributed by atoms with Crippen LogP contribution in [0.2, 0.25) is 0 Å². The van der Waals surface area contributed by atoms with Crippen molar-refractivity contribution in [3.8, 4) is 0 Å². The number of hydrogen-bond donors (Lipinski definition) is 1. The smallest absolute Gasteiger partial charge is 0.341 e. The molecule has 1 N–H and O–H groups in total. The topological polar surface area (TPSA) is 81.7 Å². The third-order valence-corrected chi connectivity index (χ3v) is 5.83. The SMILES string of the molecule is CCOC(=O)c1c(NC(=O)COC(=O)c2ccc(F)cc2)sc2c1CC[C@@H](C)C2. The molecule has 154 valence electrons. The van der Waals surface area contributed by atoms with Gasteiger partial charge >= 0.3 is 11.9 Å². The Morgan fingerprint density at radius 1 is 1.17 bits per heavy atom. The molecule has 0 fully saturated rings. The summed E-state index contributed by atoms with van der Waals surface area (Å²) in [4.78, 5) is 37.8. The fourth-order valence-corrected chi connectivity index (χ4v) is 4.64. The lowest BCUT2D eigenvalue weighted by Gasteiger charge is -2.18. The van der Waals surface area contributed by atoms with E-state index in [0.29, 0.717) is 16.5 Å². The molecule has 0 spiro atoms. The third kappa shape index (κ3) is 5.00. The van der Waals surface area contributed by atoms with Gasteiger partial charge in [-0.25, -0.2) is 14.0 Å². The highest BCUT2D eigenvalue weighted by molar-refractivity contribution is 7.17. The molecule has 6 nitrogen and oxygen atoms in total. The van der Waals surface area contributed by atoms with Crippen LogP contribution in [0.4, 0.5) is 9.39 Å². The Balaban J connectivity index is 1.70. The standard InChI is InChI=1S/C21H22FNO5S/c1-3-27-21(26)18-15-9-4-12(2)10-16(15)29-19(18)23-17(24)11-28-20(25)13-5-7-14(22)8-6-13/h5-8,12H,3-4,9-11H2,1-2H3,(H,23,24)/t12-/m1/s1. The first-order chi connectivity index (χ1) is 13.9. The van der Waals surface area contributed by atoms with Gasteiger partial charge < -0.3 is 14.8 Å². The fourth-order valence-electron chi connectivity index (χ4n) is 3.22. The van der Waals surface area contributed by atoms with Crippen LogP contribution in [0, 0.1) is 11.7 Å². The number of benzene rings is 1. The Bertz CT molecular complexity index is 922. The van der Waals surface area contributed by atoms with Crippen molar-refractivity contribution in [1.29, 1.82) is 0 Å². The molecule has 29 heavy (non-hydrogen) atoms. The largest absolute Gasteiger partial charge is 0.462 e. The van der Waals surface area contributed by atoms with Crippen LogP contribution in [-0.4, -0.2) is 31.1 Å². The maximum atomic E-state index is 12.9. The molecule has 0 saturated heterocycles. The molecule has 1 atom stereocenters.